The minimum atomic E-state index is -4.02. The molecule has 2 aromatic rings. The number of halogens is 1. The van der Waals surface area contributed by atoms with Crippen molar-refractivity contribution in [1.29, 1.82) is 0 Å². The summed E-state index contributed by atoms with van der Waals surface area (Å²) < 4.78 is 29.3. The highest BCUT2D eigenvalue weighted by atomic mass is 79.9. The van der Waals surface area contributed by atoms with Crippen LogP contribution in [-0.2, 0) is 14.4 Å². The molecule has 0 spiro atoms. The molecular formula is C15H15BrN4O3S. The van der Waals surface area contributed by atoms with Gasteiger partial charge in [-0.3, -0.25) is 4.28 Å². The van der Waals surface area contributed by atoms with Gasteiger partial charge in [-0.05, 0) is 41.9 Å². The molecule has 2 rings (SSSR count). The van der Waals surface area contributed by atoms with Crippen LogP contribution >= 0.6 is 15.9 Å². The van der Waals surface area contributed by atoms with Crippen LogP contribution in [0.4, 0.5) is 0 Å². The van der Waals surface area contributed by atoms with E-state index in [0.717, 1.165) is 15.6 Å². The minimum absolute atomic E-state index is 0.0111. The number of nitrogens with zero attached hydrogens (tertiary/aromatic N) is 2. The van der Waals surface area contributed by atoms with Gasteiger partial charge in [0.05, 0.1) is 6.21 Å². The number of hydrazone groups is 1. The summed E-state index contributed by atoms with van der Waals surface area (Å²) in [5, 5.41) is 7.15. The van der Waals surface area contributed by atoms with Gasteiger partial charge >= 0.3 is 10.1 Å². The lowest BCUT2D eigenvalue weighted by Gasteiger charge is -2.03. The van der Waals surface area contributed by atoms with Gasteiger partial charge in [-0.25, -0.2) is 5.43 Å². The highest BCUT2D eigenvalue weighted by Crippen LogP contribution is 2.13. The van der Waals surface area contributed by atoms with Crippen molar-refractivity contribution in [3.8, 4) is 0 Å². The zero-order valence-corrected chi connectivity index (χ0v) is 15.1. The standard InChI is InChI=1S/C15H15BrN4O3S/c1-11-2-8-14(9-3-11)24(21,22)23-20-15(17)19-18-10-12-4-6-13(16)7-5-12/h2-10H,1H3,(H3,17,19,20). The topological polar surface area (TPSA) is 106 Å². The Balaban J connectivity index is 1.95. The van der Waals surface area contributed by atoms with Crippen molar-refractivity contribution in [2.45, 2.75) is 11.8 Å². The Kier molecular flexibility index (Phi) is 5.93. The fourth-order valence-electron chi connectivity index (χ4n) is 1.58. The van der Waals surface area contributed by atoms with Crippen molar-refractivity contribution in [3.05, 3.63) is 64.1 Å². The molecule has 0 unspecified atom stereocenters. The van der Waals surface area contributed by atoms with E-state index in [1.54, 1.807) is 12.1 Å². The quantitative estimate of drug-likeness (QED) is 0.446. The van der Waals surface area contributed by atoms with Crippen molar-refractivity contribution in [2.75, 3.05) is 0 Å². The fraction of sp³-hybridized carbons (Fsp3) is 0.0667. The number of benzene rings is 2. The average molecular weight is 411 g/mol. The van der Waals surface area contributed by atoms with Crippen LogP contribution in [0.1, 0.15) is 11.1 Å². The third-order valence-corrected chi connectivity index (χ3v) is 4.46. The van der Waals surface area contributed by atoms with Gasteiger partial charge in [0, 0.05) is 4.47 Å². The molecule has 126 valence electrons. The smallest absolute Gasteiger partial charge is 0.358 e. The molecule has 0 saturated carbocycles. The van der Waals surface area contributed by atoms with E-state index >= 15 is 0 Å². The third-order valence-electron chi connectivity index (χ3n) is 2.81. The molecule has 0 aromatic heterocycles. The van der Waals surface area contributed by atoms with E-state index in [1.807, 2.05) is 31.2 Å². The number of nitrogens with two attached hydrogens (primary N) is 1. The van der Waals surface area contributed by atoms with Crippen LogP contribution in [0.2, 0.25) is 0 Å². The van der Waals surface area contributed by atoms with Crippen LogP contribution in [0.5, 0.6) is 0 Å². The Labute approximate surface area is 148 Å². The first kappa shape index (κ1) is 18.0. The zero-order chi connectivity index (χ0) is 17.6. The Morgan fingerprint density at radius 2 is 1.79 bits per heavy atom. The van der Waals surface area contributed by atoms with E-state index in [-0.39, 0.29) is 10.9 Å². The second-order valence-electron chi connectivity index (χ2n) is 4.74. The second kappa shape index (κ2) is 7.93. The van der Waals surface area contributed by atoms with Gasteiger partial charge in [0.1, 0.15) is 4.90 Å². The predicted octanol–water partition coefficient (Wildman–Crippen LogP) is 2.32. The maximum Gasteiger partial charge on any atom is 0.358 e. The Hall–Kier alpha value is -2.39. The lowest BCUT2D eigenvalue weighted by molar-refractivity contribution is 0.336. The highest BCUT2D eigenvalue weighted by molar-refractivity contribution is 9.10. The summed E-state index contributed by atoms with van der Waals surface area (Å²) >= 11 is 3.33. The van der Waals surface area contributed by atoms with Crippen molar-refractivity contribution in [1.82, 2.24) is 5.43 Å². The van der Waals surface area contributed by atoms with Gasteiger partial charge in [0.2, 0.25) is 0 Å². The average Bonchev–Trinajstić information content (AvgIpc) is 2.55. The molecular weight excluding hydrogens is 396 g/mol. The fourth-order valence-corrected chi connectivity index (χ4v) is 2.58. The molecule has 3 N–H and O–H groups in total. The first-order chi connectivity index (χ1) is 11.4. The van der Waals surface area contributed by atoms with Crippen LogP contribution in [0.15, 0.2) is 68.2 Å². The number of hydrogen-bond donors (Lipinski definition) is 2. The normalized spacial score (nSPS) is 12.3. The summed E-state index contributed by atoms with van der Waals surface area (Å²) in [6.45, 7) is 1.85. The van der Waals surface area contributed by atoms with E-state index in [4.69, 9.17) is 5.73 Å². The number of rotatable bonds is 5. The van der Waals surface area contributed by atoms with Crippen molar-refractivity contribution in [3.63, 3.8) is 0 Å². The third kappa shape index (κ3) is 5.36. The summed E-state index contributed by atoms with van der Waals surface area (Å²) in [6, 6.07) is 13.5. The monoisotopic (exact) mass is 410 g/mol. The van der Waals surface area contributed by atoms with Gasteiger partial charge in [-0.15, -0.1) is 0 Å². The van der Waals surface area contributed by atoms with E-state index in [2.05, 4.69) is 35.9 Å². The predicted molar refractivity (Wildman–Crippen MR) is 95.9 cm³/mol. The van der Waals surface area contributed by atoms with Crippen LogP contribution in [0.3, 0.4) is 0 Å². The first-order valence-corrected chi connectivity index (χ1v) is 8.95. The lowest BCUT2D eigenvalue weighted by atomic mass is 10.2. The second-order valence-corrected chi connectivity index (χ2v) is 7.18. The molecule has 24 heavy (non-hydrogen) atoms. The van der Waals surface area contributed by atoms with E-state index in [0.29, 0.717) is 0 Å². The summed E-state index contributed by atoms with van der Waals surface area (Å²) in [5.41, 5.74) is 9.63. The number of aryl methyl sites for hydroxylation is 1. The van der Waals surface area contributed by atoms with E-state index in [1.165, 1.54) is 18.3 Å². The number of nitrogens with one attached hydrogen (secondary N) is 1. The molecule has 0 aliphatic rings. The first-order valence-electron chi connectivity index (χ1n) is 6.75. The maximum atomic E-state index is 11.9. The summed E-state index contributed by atoms with van der Waals surface area (Å²) in [7, 11) is -4.02. The minimum Gasteiger partial charge on any atom is -0.366 e. The van der Waals surface area contributed by atoms with Gasteiger partial charge in [-0.2, -0.15) is 13.5 Å². The Morgan fingerprint density at radius 3 is 2.42 bits per heavy atom. The van der Waals surface area contributed by atoms with Gasteiger partial charge in [-0.1, -0.05) is 45.8 Å². The molecule has 0 aliphatic carbocycles. The number of guanidine groups is 1. The van der Waals surface area contributed by atoms with Crippen molar-refractivity contribution < 1.29 is 12.7 Å². The molecule has 0 aliphatic heterocycles. The van der Waals surface area contributed by atoms with Gasteiger partial charge in [0.15, 0.2) is 0 Å². The van der Waals surface area contributed by atoms with Gasteiger partial charge < -0.3 is 5.73 Å². The van der Waals surface area contributed by atoms with Crippen LogP contribution in [0, 0.1) is 6.92 Å². The summed E-state index contributed by atoms with van der Waals surface area (Å²) in [5.74, 6) is -0.293. The molecule has 0 atom stereocenters. The largest absolute Gasteiger partial charge is 0.366 e. The molecule has 0 fully saturated rings. The maximum absolute atomic E-state index is 11.9. The molecule has 2 aromatic carbocycles. The van der Waals surface area contributed by atoms with E-state index in [9.17, 15) is 8.42 Å². The van der Waals surface area contributed by atoms with Crippen molar-refractivity contribution >= 4 is 38.2 Å². The van der Waals surface area contributed by atoms with Crippen LogP contribution in [-0.4, -0.2) is 20.6 Å². The Morgan fingerprint density at radius 1 is 1.17 bits per heavy atom. The summed E-state index contributed by atoms with van der Waals surface area (Å²) in [4.78, 5) is -0.0111. The molecule has 0 heterocycles. The molecule has 9 heteroatoms. The zero-order valence-electron chi connectivity index (χ0n) is 12.7. The van der Waals surface area contributed by atoms with Gasteiger partial charge in [0.25, 0.3) is 5.96 Å². The lowest BCUT2D eigenvalue weighted by Crippen LogP contribution is -2.28. The number of oxime groups is 1. The highest BCUT2D eigenvalue weighted by Gasteiger charge is 2.15. The SMILES string of the molecule is Cc1ccc(S(=O)(=O)ON=C(N)NN=Cc2ccc(Br)cc2)cc1. The molecule has 0 bridgehead atoms. The molecule has 0 radical (unpaired) electrons. The van der Waals surface area contributed by atoms with Crippen LogP contribution in [0.25, 0.3) is 0 Å². The van der Waals surface area contributed by atoms with E-state index < -0.39 is 10.1 Å². The molecule has 0 saturated heterocycles. The van der Waals surface area contributed by atoms with Crippen LogP contribution < -0.4 is 11.2 Å². The number of hydrogen-bond acceptors (Lipinski definition) is 5. The Bertz CT molecular complexity index is 847. The molecule has 0 amide bonds. The summed E-state index contributed by atoms with van der Waals surface area (Å²) in [6.07, 6.45) is 1.50. The molecule has 7 nitrogen and oxygen atoms in total. The van der Waals surface area contributed by atoms with Crippen molar-refractivity contribution in [2.24, 2.45) is 16.0 Å².